The van der Waals surface area contributed by atoms with Gasteiger partial charge in [-0.25, -0.2) is 28.6 Å². The predicted octanol–water partition coefficient (Wildman–Crippen LogP) is -1.44. The number of imidazole rings is 1. The van der Waals surface area contributed by atoms with E-state index in [4.69, 9.17) is 25.0 Å². The SMILES string of the molecule is COC(C)[C@@]1(n2cnc3c(N)ncnc32)O[C@H](COP(=O)(O)OP(=O)(O)OP(=O)(O)O)[C@@H](O)[C@H]1O. The molecule has 198 valence electrons. The third-order valence-electron chi connectivity index (χ3n) is 4.96. The fourth-order valence-corrected chi connectivity index (χ4v) is 6.47. The number of aliphatic hydroxyl groups is 2. The number of hydrogen-bond donors (Lipinski definition) is 7. The summed E-state index contributed by atoms with van der Waals surface area (Å²) in [6.07, 6.45) is -3.87. The number of phosphoric acid groups is 3. The van der Waals surface area contributed by atoms with E-state index in [1.54, 1.807) is 0 Å². The molecule has 0 saturated carbocycles. The van der Waals surface area contributed by atoms with Crippen molar-refractivity contribution in [2.75, 3.05) is 19.5 Å². The molecule has 3 rings (SSSR count). The largest absolute Gasteiger partial charge is 0.490 e. The highest BCUT2D eigenvalue weighted by atomic mass is 31.3. The molecule has 1 saturated heterocycles. The summed E-state index contributed by atoms with van der Waals surface area (Å²) >= 11 is 0. The van der Waals surface area contributed by atoms with Gasteiger partial charge in [0.1, 0.15) is 36.3 Å². The van der Waals surface area contributed by atoms with Crippen molar-refractivity contribution >= 4 is 40.4 Å². The zero-order valence-electron chi connectivity index (χ0n) is 17.8. The first kappa shape index (κ1) is 28.2. The van der Waals surface area contributed by atoms with E-state index < -0.39 is 60.2 Å². The maximum absolute atomic E-state index is 12.0. The maximum Gasteiger partial charge on any atom is 0.490 e. The molecule has 7 atom stereocenters. The Morgan fingerprint density at radius 1 is 1.14 bits per heavy atom. The number of ether oxygens (including phenoxy) is 2. The van der Waals surface area contributed by atoms with Gasteiger partial charge in [-0.15, -0.1) is 0 Å². The van der Waals surface area contributed by atoms with Crippen molar-refractivity contribution < 1.29 is 66.1 Å². The molecule has 0 aromatic carbocycles. The molecule has 0 bridgehead atoms. The number of fused-ring (bicyclic) bond motifs is 1. The Kier molecular flexibility index (Phi) is 7.90. The average molecular weight is 565 g/mol. The van der Waals surface area contributed by atoms with Crippen LogP contribution in [0.2, 0.25) is 0 Å². The molecular weight excluding hydrogens is 543 g/mol. The van der Waals surface area contributed by atoms with Gasteiger partial charge in [0, 0.05) is 7.11 Å². The van der Waals surface area contributed by atoms with Gasteiger partial charge in [-0.05, 0) is 6.92 Å². The van der Waals surface area contributed by atoms with Crippen LogP contribution in [0.3, 0.4) is 0 Å². The Morgan fingerprint density at radius 2 is 1.80 bits per heavy atom. The van der Waals surface area contributed by atoms with Crippen LogP contribution in [0.15, 0.2) is 12.7 Å². The molecule has 1 aliphatic heterocycles. The van der Waals surface area contributed by atoms with Gasteiger partial charge in [0.25, 0.3) is 0 Å². The number of aromatic nitrogens is 4. The van der Waals surface area contributed by atoms with Crippen molar-refractivity contribution in [1.29, 1.82) is 0 Å². The van der Waals surface area contributed by atoms with Gasteiger partial charge >= 0.3 is 23.5 Å². The van der Waals surface area contributed by atoms with E-state index in [-0.39, 0.29) is 17.0 Å². The third-order valence-corrected chi connectivity index (χ3v) is 8.76. The van der Waals surface area contributed by atoms with Crippen molar-refractivity contribution in [2.45, 2.75) is 37.1 Å². The molecule has 2 aromatic rings. The summed E-state index contributed by atoms with van der Waals surface area (Å²) in [7, 11) is -15.6. The first-order valence-corrected chi connectivity index (χ1v) is 13.8. The molecule has 3 heterocycles. The predicted molar refractivity (Wildman–Crippen MR) is 111 cm³/mol. The van der Waals surface area contributed by atoms with Gasteiger partial charge in [-0.1, -0.05) is 0 Å². The second kappa shape index (κ2) is 9.81. The smallest absolute Gasteiger partial charge is 0.387 e. The summed E-state index contributed by atoms with van der Waals surface area (Å²) in [4.78, 5) is 48.0. The van der Waals surface area contributed by atoms with Crippen LogP contribution in [0.4, 0.5) is 5.82 Å². The van der Waals surface area contributed by atoms with E-state index in [1.165, 1.54) is 24.9 Å². The number of nitrogen functional groups attached to an aromatic ring is 1. The lowest BCUT2D eigenvalue weighted by Gasteiger charge is -2.37. The fourth-order valence-electron chi connectivity index (χ4n) is 3.44. The first-order valence-electron chi connectivity index (χ1n) is 9.32. The van der Waals surface area contributed by atoms with Crippen LogP contribution in [0, 0.1) is 0 Å². The van der Waals surface area contributed by atoms with E-state index in [1.807, 2.05) is 0 Å². The van der Waals surface area contributed by atoms with Gasteiger partial charge in [0.05, 0.1) is 12.9 Å². The van der Waals surface area contributed by atoms with Crippen LogP contribution < -0.4 is 5.73 Å². The van der Waals surface area contributed by atoms with Crippen molar-refractivity contribution in [3.8, 4) is 0 Å². The minimum Gasteiger partial charge on any atom is -0.387 e. The molecule has 1 fully saturated rings. The summed E-state index contributed by atoms with van der Waals surface area (Å²) in [6.45, 7) is 0.445. The Bertz CT molecular complexity index is 1220. The Hall–Kier alpha value is -1.40. The van der Waals surface area contributed by atoms with Gasteiger partial charge in [0.15, 0.2) is 11.5 Å². The summed E-state index contributed by atoms with van der Waals surface area (Å²) < 4.78 is 58.4. The van der Waals surface area contributed by atoms with Crippen LogP contribution in [0.5, 0.6) is 0 Å². The highest BCUT2D eigenvalue weighted by Crippen LogP contribution is 2.66. The van der Waals surface area contributed by atoms with E-state index in [2.05, 4.69) is 28.1 Å². The quantitative estimate of drug-likeness (QED) is 0.162. The van der Waals surface area contributed by atoms with Gasteiger partial charge in [0.2, 0.25) is 5.72 Å². The van der Waals surface area contributed by atoms with Crippen molar-refractivity contribution in [1.82, 2.24) is 19.5 Å². The van der Waals surface area contributed by atoms with Crippen LogP contribution in [-0.4, -0.2) is 87.4 Å². The van der Waals surface area contributed by atoms with Gasteiger partial charge in [-0.2, -0.15) is 8.62 Å². The molecule has 0 amide bonds. The molecular formula is C13H22N5O14P3. The van der Waals surface area contributed by atoms with Crippen LogP contribution in [0.1, 0.15) is 6.92 Å². The topological polar surface area (TPSA) is 288 Å². The number of nitrogens with two attached hydrogens (primary N) is 1. The Balaban J connectivity index is 1.87. The number of methoxy groups -OCH3 is 1. The van der Waals surface area contributed by atoms with Crippen molar-refractivity contribution in [3.63, 3.8) is 0 Å². The summed E-state index contributed by atoms with van der Waals surface area (Å²) in [5, 5.41) is 21.5. The lowest BCUT2D eigenvalue weighted by atomic mass is 9.97. The second-order valence-corrected chi connectivity index (χ2v) is 11.6. The molecule has 35 heavy (non-hydrogen) atoms. The van der Waals surface area contributed by atoms with Crippen LogP contribution in [-0.2, 0) is 42.0 Å². The number of phosphoric ester groups is 1. The van der Waals surface area contributed by atoms with E-state index in [9.17, 15) is 33.7 Å². The number of hydrogen-bond acceptors (Lipinski definition) is 14. The molecule has 8 N–H and O–H groups in total. The maximum atomic E-state index is 12.0. The van der Waals surface area contributed by atoms with Gasteiger partial charge < -0.3 is 45.0 Å². The van der Waals surface area contributed by atoms with Crippen LogP contribution >= 0.6 is 23.5 Å². The van der Waals surface area contributed by atoms with E-state index in [0.29, 0.717) is 0 Å². The highest BCUT2D eigenvalue weighted by Gasteiger charge is 2.60. The lowest BCUT2D eigenvalue weighted by molar-refractivity contribution is -0.207. The highest BCUT2D eigenvalue weighted by molar-refractivity contribution is 7.66. The number of anilines is 1. The normalized spacial score (nSPS) is 29.7. The number of nitrogens with zero attached hydrogens (tertiary/aromatic N) is 4. The standard InChI is InChI=1S/C13H22N5O14P3/c1-6(28-2)13(18-5-17-8-11(14)15-4-16-12(8)18)10(20)9(19)7(30-13)3-29-34(24,25)32-35(26,27)31-33(21,22)23/h4-7,9-10,19-20H,3H2,1-2H3,(H,24,25)(H,26,27)(H2,14,15,16)(H2,21,22,23)/t6?,7-,9-,10-,13-/m1/s1. The summed E-state index contributed by atoms with van der Waals surface area (Å²) in [5.41, 5.74) is 4.07. The van der Waals surface area contributed by atoms with E-state index in [0.717, 1.165) is 6.33 Å². The molecule has 2 aromatic heterocycles. The molecule has 0 spiro atoms. The second-order valence-electron chi connectivity index (χ2n) is 7.15. The van der Waals surface area contributed by atoms with E-state index >= 15 is 0 Å². The summed E-state index contributed by atoms with van der Waals surface area (Å²) in [5.74, 6) is 0.00575. The Morgan fingerprint density at radius 3 is 2.40 bits per heavy atom. The molecule has 1 aliphatic rings. The summed E-state index contributed by atoms with van der Waals surface area (Å²) in [6, 6.07) is 0. The fraction of sp³-hybridized carbons (Fsp3) is 0.615. The average Bonchev–Trinajstić information content (AvgIpc) is 3.25. The zero-order valence-corrected chi connectivity index (χ0v) is 20.5. The molecule has 3 unspecified atom stereocenters. The third kappa shape index (κ3) is 5.79. The lowest BCUT2D eigenvalue weighted by Crippen LogP contribution is -2.53. The Labute approximate surface area is 195 Å². The minimum absolute atomic E-state index is 0.00575. The van der Waals surface area contributed by atoms with Crippen LogP contribution in [0.25, 0.3) is 11.2 Å². The minimum atomic E-state index is -5.75. The number of aliphatic hydroxyl groups excluding tert-OH is 2. The van der Waals surface area contributed by atoms with Crippen molar-refractivity contribution in [3.05, 3.63) is 12.7 Å². The number of rotatable bonds is 10. The molecule has 19 nitrogen and oxygen atoms in total. The monoisotopic (exact) mass is 565 g/mol. The first-order chi connectivity index (χ1) is 16.0. The molecule has 0 aliphatic carbocycles. The molecule has 22 heteroatoms. The van der Waals surface area contributed by atoms with Gasteiger partial charge in [-0.3, -0.25) is 9.09 Å². The molecule has 0 radical (unpaired) electrons. The van der Waals surface area contributed by atoms with Crippen molar-refractivity contribution in [2.24, 2.45) is 0 Å². The zero-order chi connectivity index (χ0) is 26.4.